The number of benzene rings is 1. The Hall–Kier alpha value is -2.42. The Bertz CT molecular complexity index is 674. The van der Waals surface area contributed by atoms with Crippen molar-refractivity contribution in [3.63, 3.8) is 0 Å². The molecule has 1 aliphatic heterocycles. The number of nitro groups is 1. The fourth-order valence-corrected chi connectivity index (χ4v) is 3.18. The molecule has 1 atom stereocenters. The first-order valence-electron chi connectivity index (χ1n) is 6.29. The van der Waals surface area contributed by atoms with Crippen LogP contribution in [0.15, 0.2) is 18.2 Å². The first kappa shape index (κ1) is 16.0. The number of carbonyl (C=O) groups is 3. The summed E-state index contributed by atoms with van der Waals surface area (Å²) in [6, 6.07) is 3.53. The molecule has 9 heteroatoms. The number of hydrogen-bond donors (Lipinski definition) is 1. The van der Waals surface area contributed by atoms with E-state index in [4.69, 9.17) is 5.11 Å². The molecule has 2 rings (SSSR count). The zero-order valence-corrected chi connectivity index (χ0v) is 12.3. The zero-order valence-electron chi connectivity index (χ0n) is 11.5. The normalized spacial score (nSPS) is 17.6. The summed E-state index contributed by atoms with van der Waals surface area (Å²) in [4.78, 5) is 45.6. The molecule has 22 heavy (non-hydrogen) atoms. The Morgan fingerprint density at radius 2 is 2.14 bits per heavy atom. The second-order valence-corrected chi connectivity index (χ2v) is 6.18. The molecule has 0 spiro atoms. The lowest BCUT2D eigenvalue weighted by Crippen LogP contribution is -2.25. The lowest BCUT2D eigenvalue weighted by molar-refractivity contribution is -0.385. The third-order valence-corrected chi connectivity index (χ3v) is 4.12. The molecule has 1 heterocycles. The van der Waals surface area contributed by atoms with Crippen molar-refractivity contribution in [2.75, 3.05) is 11.4 Å². The van der Waals surface area contributed by atoms with E-state index in [1.165, 1.54) is 17.9 Å². The molecule has 1 aromatic carbocycles. The molecule has 1 aromatic rings. The minimum Gasteiger partial charge on any atom is -0.477 e. The molecule has 1 amide bonds. The number of carboxylic acid groups (broad SMARTS) is 1. The van der Waals surface area contributed by atoms with Gasteiger partial charge in [0, 0.05) is 31.2 Å². The Morgan fingerprint density at radius 1 is 1.45 bits per heavy atom. The van der Waals surface area contributed by atoms with E-state index in [0.29, 0.717) is 0 Å². The Morgan fingerprint density at radius 3 is 2.68 bits per heavy atom. The molecule has 0 aromatic heterocycles. The van der Waals surface area contributed by atoms with Crippen molar-refractivity contribution in [3.8, 4) is 0 Å². The van der Waals surface area contributed by atoms with Crippen LogP contribution in [0.2, 0.25) is 0 Å². The summed E-state index contributed by atoms with van der Waals surface area (Å²) in [6.07, 6.45) is 0.165. The summed E-state index contributed by atoms with van der Waals surface area (Å²) in [7, 11) is 0. The van der Waals surface area contributed by atoms with Crippen LogP contribution in [0.4, 0.5) is 11.4 Å². The van der Waals surface area contributed by atoms with Gasteiger partial charge in [-0.15, -0.1) is 0 Å². The monoisotopic (exact) mass is 324 g/mol. The number of hydrogen-bond acceptors (Lipinski definition) is 6. The molecule has 0 bridgehead atoms. The van der Waals surface area contributed by atoms with Gasteiger partial charge in [-0.3, -0.25) is 19.7 Å². The van der Waals surface area contributed by atoms with E-state index in [0.717, 1.165) is 23.9 Å². The standard InChI is InChI=1S/C13H12N2O6S/c1-7(16)22-9-5-12(17)14(6-9)8-2-3-10(13(18)19)11(4-8)15(20)21/h2-4,9H,5-6H2,1H3,(H,18,19). The topological polar surface area (TPSA) is 118 Å². The summed E-state index contributed by atoms with van der Waals surface area (Å²) in [5, 5.41) is 19.6. The molecule has 0 saturated carbocycles. The van der Waals surface area contributed by atoms with Crippen LogP contribution in [0, 0.1) is 10.1 Å². The predicted octanol–water partition coefficient (Wildman–Crippen LogP) is 1.68. The summed E-state index contributed by atoms with van der Waals surface area (Å²) in [6.45, 7) is 1.66. The summed E-state index contributed by atoms with van der Waals surface area (Å²) >= 11 is 1.05. The number of amides is 1. The molecular formula is C13H12N2O6S. The number of nitro benzene ring substituents is 1. The van der Waals surface area contributed by atoms with E-state index in [-0.39, 0.29) is 34.9 Å². The first-order chi connectivity index (χ1) is 10.3. The second-order valence-electron chi connectivity index (χ2n) is 4.70. The Labute approximate surface area is 129 Å². The minimum absolute atomic E-state index is 0.105. The number of rotatable bonds is 4. The van der Waals surface area contributed by atoms with Crippen LogP contribution in [-0.2, 0) is 9.59 Å². The van der Waals surface area contributed by atoms with Crippen LogP contribution in [0.5, 0.6) is 0 Å². The van der Waals surface area contributed by atoms with Crippen LogP contribution >= 0.6 is 11.8 Å². The van der Waals surface area contributed by atoms with Crippen LogP contribution in [0.25, 0.3) is 0 Å². The van der Waals surface area contributed by atoms with Gasteiger partial charge in [-0.25, -0.2) is 4.79 Å². The smallest absolute Gasteiger partial charge is 0.342 e. The average Bonchev–Trinajstić information content (AvgIpc) is 2.77. The van der Waals surface area contributed by atoms with Crippen LogP contribution in [-0.4, -0.2) is 38.8 Å². The number of nitrogens with zero attached hydrogens (tertiary/aromatic N) is 2. The molecular weight excluding hydrogens is 312 g/mol. The van der Waals surface area contributed by atoms with Gasteiger partial charge in [0.1, 0.15) is 5.56 Å². The maximum Gasteiger partial charge on any atom is 0.342 e. The summed E-state index contributed by atoms with van der Waals surface area (Å²) < 4.78 is 0. The molecule has 8 nitrogen and oxygen atoms in total. The highest BCUT2D eigenvalue weighted by Gasteiger charge is 2.33. The fourth-order valence-electron chi connectivity index (χ4n) is 2.26. The van der Waals surface area contributed by atoms with Gasteiger partial charge in [-0.2, -0.15) is 0 Å². The summed E-state index contributed by atoms with van der Waals surface area (Å²) in [5.41, 5.74) is -0.746. The Kier molecular flexibility index (Phi) is 4.45. The van der Waals surface area contributed by atoms with Gasteiger partial charge >= 0.3 is 5.97 Å². The van der Waals surface area contributed by atoms with Gasteiger partial charge in [0.2, 0.25) is 5.91 Å². The van der Waals surface area contributed by atoms with Gasteiger partial charge < -0.3 is 10.0 Å². The van der Waals surface area contributed by atoms with Crippen molar-refractivity contribution in [3.05, 3.63) is 33.9 Å². The van der Waals surface area contributed by atoms with E-state index < -0.39 is 22.1 Å². The lowest BCUT2D eigenvalue weighted by Gasteiger charge is -2.16. The van der Waals surface area contributed by atoms with Crippen molar-refractivity contribution in [2.45, 2.75) is 18.6 Å². The maximum atomic E-state index is 12.0. The highest BCUT2D eigenvalue weighted by molar-refractivity contribution is 8.14. The SMILES string of the molecule is CC(=O)SC1CC(=O)N(c2ccc(C(=O)O)c([N+](=O)[O-])c2)C1. The van der Waals surface area contributed by atoms with Gasteiger partial charge in [-0.1, -0.05) is 11.8 Å². The lowest BCUT2D eigenvalue weighted by atomic mass is 10.1. The van der Waals surface area contributed by atoms with Gasteiger partial charge in [0.15, 0.2) is 5.12 Å². The largest absolute Gasteiger partial charge is 0.477 e. The third kappa shape index (κ3) is 3.25. The maximum absolute atomic E-state index is 12.0. The molecule has 1 saturated heterocycles. The van der Waals surface area contributed by atoms with Gasteiger partial charge in [0.05, 0.1) is 10.6 Å². The molecule has 1 N–H and O–H groups in total. The summed E-state index contributed by atoms with van der Waals surface area (Å²) in [5.74, 6) is -1.66. The number of thioether (sulfide) groups is 1. The van der Waals surface area contributed by atoms with Crippen molar-refractivity contribution < 1.29 is 24.4 Å². The number of carbonyl (C=O) groups excluding carboxylic acids is 2. The van der Waals surface area contributed by atoms with E-state index in [1.807, 2.05) is 0 Å². The Balaban J connectivity index is 2.31. The average molecular weight is 324 g/mol. The predicted molar refractivity (Wildman–Crippen MR) is 79.1 cm³/mol. The van der Waals surface area contributed by atoms with Crippen LogP contribution in [0.1, 0.15) is 23.7 Å². The molecule has 116 valence electrons. The molecule has 1 unspecified atom stereocenters. The second kappa shape index (κ2) is 6.14. The molecule has 1 aliphatic rings. The van der Waals surface area contributed by atoms with Crippen molar-refractivity contribution >= 4 is 40.1 Å². The quantitative estimate of drug-likeness (QED) is 0.661. The van der Waals surface area contributed by atoms with E-state index in [1.54, 1.807) is 0 Å². The van der Waals surface area contributed by atoms with Crippen LogP contribution in [0.3, 0.4) is 0 Å². The van der Waals surface area contributed by atoms with Crippen LogP contribution < -0.4 is 4.90 Å². The van der Waals surface area contributed by atoms with Gasteiger partial charge in [0.25, 0.3) is 5.69 Å². The third-order valence-electron chi connectivity index (χ3n) is 3.14. The van der Waals surface area contributed by atoms with E-state index in [9.17, 15) is 24.5 Å². The fraction of sp³-hybridized carbons (Fsp3) is 0.308. The first-order valence-corrected chi connectivity index (χ1v) is 7.17. The van der Waals surface area contributed by atoms with Crippen molar-refractivity contribution in [1.29, 1.82) is 0 Å². The molecule has 0 radical (unpaired) electrons. The number of anilines is 1. The molecule has 0 aliphatic carbocycles. The minimum atomic E-state index is -1.41. The van der Waals surface area contributed by atoms with E-state index >= 15 is 0 Å². The molecule has 1 fully saturated rings. The van der Waals surface area contributed by atoms with Gasteiger partial charge in [-0.05, 0) is 12.1 Å². The van der Waals surface area contributed by atoms with Crippen molar-refractivity contribution in [1.82, 2.24) is 0 Å². The highest BCUT2D eigenvalue weighted by Crippen LogP contribution is 2.32. The van der Waals surface area contributed by atoms with E-state index in [2.05, 4.69) is 0 Å². The zero-order chi connectivity index (χ0) is 16.4. The number of carboxylic acids is 1. The highest BCUT2D eigenvalue weighted by atomic mass is 32.2. The van der Waals surface area contributed by atoms with Crippen molar-refractivity contribution in [2.24, 2.45) is 0 Å². The number of aromatic carboxylic acids is 1.